The van der Waals surface area contributed by atoms with Gasteiger partial charge in [0.05, 0.1) is 25.6 Å². The number of anilines is 2. The fourth-order valence-electron chi connectivity index (χ4n) is 5.57. The van der Waals surface area contributed by atoms with E-state index in [4.69, 9.17) is 9.47 Å². The zero-order valence-corrected chi connectivity index (χ0v) is 23.0. The molecule has 0 fully saturated rings. The lowest BCUT2D eigenvalue weighted by Gasteiger charge is -2.34. The number of ether oxygens (including phenoxy) is 2. The van der Waals surface area contributed by atoms with E-state index in [-0.39, 0.29) is 17.6 Å². The number of fused-ring (bicyclic) bond motifs is 1. The summed E-state index contributed by atoms with van der Waals surface area (Å²) in [4.78, 5) is 30.7. The SMILES string of the molecule is CCCCCC(=O)N1c2ccccc2NC2=C(C(=O)C[C@@H](c3ccc(OC)c(OC)c3)C2)[C@@H]1c1cccs1. The van der Waals surface area contributed by atoms with Gasteiger partial charge in [-0.05, 0) is 60.0 Å². The molecule has 2 atom stereocenters. The van der Waals surface area contributed by atoms with Crippen molar-refractivity contribution in [1.82, 2.24) is 0 Å². The number of rotatable bonds is 8. The molecule has 198 valence electrons. The lowest BCUT2D eigenvalue weighted by atomic mass is 9.79. The standard InChI is InChI=1S/C31H34N2O4S/c1-4-5-6-13-29(35)33-24-11-8-7-10-22(24)32-23-17-21(20-14-15-26(36-2)27(19-20)37-3)18-25(34)30(23)31(33)28-12-9-16-38-28/h7-12,14-16,19,21,31-32H,4-6,13,17-18H2,1-3H3/t21-,31-/m0/s1. The van der Waals surface area contributed by atoms with Gasteiger partial charge in [0.25, 0.3) is 0 Å². The molecule has 1 aromatic heterocycles. The Kier molecular flexibility index (Phi) is 7.84. The van der Waals surface area contributed by atoms with E-state index < -0.39 is 6.04 Å². The van der Waals surface area contributed by atoms with E-state index in [0.29, 0.717) is 36.3 Å². The van der Waals surface area contributed by atoms with Crippen molar-refractivity contribution in [2.24, 2.45) is 0 Å². The van der Waals surface area contributed by atoms with E-state index in [1.165, 1.54) is 0 Å². The minimum Gasteiger partial charge on any atom is -0.493 e. The summed E-state index contributed by atoms with van der Waals surface area (Å²) in [6.07, 6.45) is 4.36. The van der Waals surface area contributed by atoms with Crippen LogP contribution in [0.2, 0.25) is 0 Å². The van der Waals surface area contributed by atoms with Crippen molar-refractivity contribution in [3.63, 3.8) is 0 Å². The molecule has 6 nitrogen and oxygen atoms in total. The number of methoxy groups -OCH3 is 2. The molecule has 0 saturated carbocycles. The van der Waals surface area contributed by atoms with Gasteiger partial charge in [0.2, 0.25) is 5.91 Å². The molecule has 1 aliphatic carbocycles. The number of allylic oxidation sites excluding steroid dienone is 1. The van der Waals surface area contributed by atoms with Gasteiger partial charge in [-0.3, -0.25) is 14.5 Å². The molecule has 0 saturated heterocycles. The van der Waals surface area contributed by atoms with Gasteiger partial charge in [0.15, 0.2) is 17.3 Å². The molecule has 2 aromatic carbocycles. The van der Waals surface area contributed by atoms with Crippen molar-refractivity contribution < 1.29 is 19.1 Å². The van der Waals surface area contributed by atoms with Crippen molar-refractivity contribution in [2.45, 2.75) is 57.4 Å². The van der Waals surface area contributed by atoms with Crippen LogP contribution in [0.25, 0.3) is 0 Å². The zero-order chi connectivity index (χ0) is 26.6. The first kappa shape index (κ1) is 26.0. The Labute approximate surface area is 228 Å². The summed E-state index contributed by atoms with van der Waals surface area (Å²) in [7, 11) is 3.24. The fraction of sp³-hybridized carbons (Fsp3) is 0.355. The predicted octanol–water partition coefficient (Wildman–Crippen LogP) is 7.25. The number of benzene rings is 2. The second-order valence-electron chi connectivity index (χ2n) is 9.82. The number of hydrogen-bond donors (Lipinski definition) is 1. The van der Waals surface area contributed by atoms with Crippen molar-refractivity contribution >= 4 is 34.4 Å². The molecule has 5 rings (SSSR count). The van der Waals surface area contributed by atoms with Crippen LogP contribution in [0, 0.1) is 0 Å². The average Bonchev–Trinajstić information content (AvgIpc) is 3.42. The third kappa shape index (κ3) is 4.95. The maximum atomic E-state index is 14.0. The summed E-state index contributed by atoms with van der Waals surface area (Å²) in [6, 6.07) is 17.3. The van der Waals surface area contributed by atoms with Crippen LogP contribution >= 0.6 is 11.3 Å². The summed E-state index contributed by atoms with van der Waals surface area (Å²) in [5.74, 6) is 1.41. The maximum absolute atomic E-state index is 14.0. The number of para-hydroxylation sites is 2. The summed E-state index contributed by atoms with van der Waals surface area (Å²) < 4.78 is 10.9. The van der Waals surface area contributed by atoms with Gasteiger partial charge in [-0.2, -0.15) is 0 Å². The number of nitrogens with one attached hydrogen (secondary N) is 1. The van der Waals surface area contributed by atoms with E-state index in [1.807, 2.05) is 64.9 Å². The molecule has 1 N–H and O–H groups in total. The maximum Gasteiger partial charge on any atom is 0.227 e. The highest BCUT2D eigenvalue weighted by molar-refractivity contribution is 7.10. The Hall–Kier alpha value is -3.58. The van der Waals surface area contributed by atoms with Crippen LogP contribution in [-0.2, 0) is 9.59 Å². The lowest BCUT2D eigenvalue weighted by Crippen LogP contribution is -2.38. The topological polar surface area (TPSA) is 67.9 Å². The highest BCUT2D eigenvalue weighted by Crippen LogP contribution is 2.49. The average molecular weight is 531 g/mol. The molecule has 0 radical (unpaired) electrons. The first-order chi connectivity index (χ1) is 18.5. The number of thiophene rings is 1. The number of nitrogens with zero attached hydrogens (tertiary/aromatic N) is 1. The quantitative estimate of drug-likeness (QED) is 0.311. The van der Waals surface area contributed by atoms with Crippen LogP contribution in [0.3, 0.4) is 0 Å². The lowest BCUT2D eigenvalue weighted by molar-refractivity contribution is -0.119. The molecule has 1 amide bonds. The second-order valence-corrected chi connectivity index (χ2v) is 10.8. The number of carbonyl (C=O) groups excluding carboxylic acids is 2. The van der Waals surface area contributed by atoms with Crippen LogP contribution in [0.15, 0.2) is 71.2 Å². The number of amides is 1. The van der Waals surface area contributed by atoms with Crippen LogP contribution in [0.5, 0.6) is 11.5 Å². The van der Waals surface area contributed by atoms with Crippen LogP contribution in [-0.4, -0.2) is 25.9 Å². The normalized spacial score (nSPS) is 18.8. The largest absolute Gasteiger partial charge is 0.493 e. The van der Waals surface area contributed by atoms with Gasteiger partial charge in [0.1, 0.15) is 6.04 Å². The van der Waals surface area contributed by atoms with Gasteiger partial charge in [-0.15, -0.1) is 11.3 Å². The highest BCUT2D eigenvalue weighted by Gasteiger charge is 2.41. The van der Waals surface area contributed by atoms with E-state index in [2.05, 4.69) is 12.2 Å². The number of unbranched alkanes of at least 4 members (excludes halogenated alkanes) is 2. The zero-order valence-electron chi connectivity index (χ0n) is 22.2. The molecule has 0 bridgehead atoms. The van der Waals surface area contributed by atoms with Gasteiger partial charge in [-0.1, -0.05) is 44.0 Å². The van der Waals surface area contributed by atoms with Crippen molar-refractivity contribution in [2.75, 3.05) is 24.4 Å². The first-order valence-electron chi connectivity index (χ1n) is 13.2. The van der Waals surface area contributed by atoms with Crippen molar-refractivity contribution in [1.29, 1.82) is 0 Å². The predicted molar refractivity (Wildman–Crippen MR) is 152 cm³/mol. The number of carbonyl (C=O) groups is 2. The van der Waals surface area contributed by atoms with E-state index in [9.17, 15) is 9.59 Å². The molecule has 2 aliphatic rings. The molecule has 1 aliphatic heterocycles. The number of ketones is 1. The third-order valence-corrected chi connectivity index (χ3v) is 8.37. The summed E-state index contributed by atoms with van der Waals surface area (Å²) in [5.41, 5.74) is 4.28. The molecule has 0 unspecified atom stereocenters. The highest BCUT2D eigenvalue weighted by atomic mass is 32.1. The smallest absolute Gasteiger partial charge is 0.227 e. The Morgan fingerprint density at radius 2 is 1.84 bits per heavy atom. The number of hydrogen-bond acceptors (Lipinski definition) is 6. The molecule has 3 aromatic rings. The number of Topliss-reactive ketones (excluding diaryl/α,β-unsaturated/α-hetero) is 1. The van der Waals surface area contributed by atoms with Gasteiger partial charge < -0.3 is 14.8 Å². The molecular formula is C31H34N2O4S. The molecule has 2 heterocycles. The Morgan fingerprint density at radius 1 is 1.03 bits per heavy atom. The van der Waals surface area contributed by atoms with Crippen molar-refractivity contribution in [3.05, 3.63) is 81.7 Å². The van der Waals surface area contributed by atoms with Gasteiger partial charge in [-0.25, -0.2) is 0 Å². The monoisotopic (exact) mass is 530 g/mol. The first-order valence-corrected chi connectivity index (χ1v) is 14.1. The summed E-state index contributed by atoms with van der Waals surface area (Å²) in [5, 5.41) is 5.61. The van der Waals surface area contributed by atoms with Crippen molar-refractivity contribution in [3.8, 4) is 11.5 Å². The van der Waals surface area contributed by atoms with Crippen LogP contribution in [0.4, 0.5) is 11.4 Å². The minimum absolute atomic E-state index is 0.0171. The van der Waals surface area contributed by atoms with E-state index >= 15 is 0 Å². The Bertz CT molecular complexity index is 1350. The van der Waals surface area contributed by atoms with E-state index in [0.717, 1.165) is 46.8 Å². The Balaban J connectivity index is 1.60. The summed E-state index contributed by atoms with van der Waals surface area (Å²) in [6.45, 7) is 2.14. The molecular weight excluding hydrogens is 496 g/mol. The fourth-order valence-corrected chi connectivity index (χ4v) is 6.39. The van der Waals surface area contributed by atoms with Crippen LogP contribution < -0.4 is 19.7 Å². The molecule has 0 spiro atoms. The van der Waals surface area contributed by atoms with Gasteiger partial charge >= 0.3 is 0 Å². The van der Waals surface area contributed by atoms with E-state index in [1.54, 1.807) is 25.6 Å². The van der Waals surface area contributed by atoms with Gasteiger partial charge in [0, 0.05) is 29.0 Å². The third-order valence-electron chi connectivity index (χ3n) is 7.44. The Morgan fingerprint density at radius 3 is 2.58 bits per heavy atom. The minimum atomic E-state index is -0.450. The molecule has 38 heavy (non-hydrogen) atoms. The summed E-state index contributed by atoms with van der Waals surface area (Å²) >= 11 is 1.59. The van der Waals surface area contributed by atoms with Crippen LogP contribution in [0.1, 0.15) is 67.8 Å². The second kappa shape index (κ2) is 11.4. The molecule has 7 heteroatoms.